The Hall–Kier alpha value is -3.47. The zero-order valence-corrected chi connectivity index (χ0v) is 17.4. The van der Waals surface area contributed by atoms with Crippen molar-refractivity contribution in [2.45, 2.75) is 19.8 Å². The molecular weight excluding hydrogens is 380 g/mol. The van der Waals surface area contributed by atoms with E-state index in [9.17, 15) is 4.79 Å². The molecule has 30 heavy (non-hydrogen) atoms. The quantitative estimate of drug-likeness (QED) is 0.203. The average molecular weight is 402 g/mol. The summed E-state index contributed by atoms with van der Waals surface area (Å²) in [5.41, 5.74) is 2.50. The van der Waals surface area contributed by atoms with E-state index in [0.717, 1.165) is 50.9 Å². The van der Waals surface area contributed by atoms with Crippen molar-refractivity contribution in [3.05, 3.63) is 47.5 Å². The third kappa shape index (κ3) is 2.45. The van der Waals surface area contributed by atoms with Crippen LogP contribution in [0.4, 0.5) is 0 Å². The van der Waals surface area contributed by atoms with Gasteiger partial charge in [-0.3, -0.25) is 4.79 Å². The molecular formula is C25H22O5. The number of hydrogen-bond donors (Lipinski definition) is 0. The first-order valence-corrected chi connectivity index (χ1v) is 9.89. The highest BCUT2D eigenvalue weighted by Crippen LogP contribution is 2.50. The predicted octanol–water partition coefficient (Wildman–Crippen LogP) is 5.20. The van der Waals surface area contributed by atoms with Gasteiger partial charge in [-0.1, -0.05) is 6.07 Å². The molecule has 5 rings (SSSR count). The minimum absolute atomic E-state index is 0.377. The maximum Gasteiger partial charge on any atom is 0.308 e. The Kier molecular flexibility index (Phi) is 4.21. The van der Waals surface area contributed by atoms with E-state index in [2.05, 4.69) is 6.07 Å². The van der Waals surface area contributed by atoms with Crippen LogP contribution in [0.15, 0.2) is 36.4 Å². The lowest BCUT2D eigenvalue weighted by molar-refractivity contribution is -0.131. The van der Waals surface area contributed by atoms with Crippen LogP contribution >= 0.6 is 0 Å². The van der Waals surface area contributed by atoms with Crippen LogP contribution in [0, 0.1) is 0 Å². The second-order valence-electron chi connectivity index (χ2n) is 7.46. The molecule has 0 amide bonds. The number of carbonyl (C=O) groups is 1. The van der Waals surface area contributed by atoms with E-state index >= 15 is 0 Å². The van der Waals surface area contributed by atoms with E-state index in [1.54, 1.807) is 21.3 Å². The van der Waals surface area contributed by atoms with Crippen molar-refractivity contribution in [3.63, 3.8) is 0 Å². The van der Waals surface area contributed by atoms with Crippen molar-refractivity contribution < 1.29 is 23.7 Å². The summed E-state index contributed by atoms with van der Waals surface area (Å²) in [5.74, 6) is 2.14. The largest absolute Gasteiger partial charge is 0.496 e. The lowest BCUT2D eigenvalue weighted by Gasteiger charge is -2.24. The van der Waals surface area contributed by atoms with E-state index < -0.39 is 0 Å². The smallest absolute Gasteiger partial charge is 0.308 e. The second kappa shape index (κ2) is 6.80. The van der Waals surface area contributed by atoms with Gasteiger partial charge in [0.2, 0.25) is 0 Å². The highest BCUT2D eigenvalue weighted by Gasteiger charge is 2.26. The van der Waals surface area contributed by atoms with E-state index in [0.29, 0.717) is 17.2 Å². The summed E-state index contributed by atoms with van der Waals surface area (Å²) >= 11 is 0. The van der Waals surface area contributed by atoms with Crippen LogP contribution < -0.4 is 18.9 Å². The molecule has 5 heteroatoms. The van der Waals surface area contributed by atoms with E-state index in [4.69, 9.17) is 18.9 Å². The molecule has 0 heterocycles. The normalized spacial score (nSPS) is 12.5. The highest BCUT2D eigenvalue weighted by molar-refractivity contribution is 6.22. The molecule has 0 fully saturated rings. The van der Waals surface area contributed by atoms with Gasteiger partial charge in [-0.2, -0.15) is 0 Å². The van der Waals surface area contributed by atoms with Gasteiger partial charge in [0.05, 0.1) is 26.7 Å². The molecule has 4 aromatic rings. The third-order valence-electron chi connectivity index (χ3n) is 5.98. The zero-order chi connectivity index (χ0) is 21.0. The van der Waals surface area contributed by atoms with Crippen LogP contribution in [-0.4, -0.2) is 27.3 Å². The number of carbonyl (C=O) groups excluding carboxylic acids is 1. The molecule has 0 N–H and O–H groups in total. The monoisotopic (exact) mass is 402 g/mol. The van der Waals surface area contributed by atoms with Crippen molar-refractivity contribution in [3.8, 4) is 23.0 Å². The first-order chi connectivity index (χ1) is 14.6. The van der Waals surface area contributed by atoms with E-state index in [1.807, 2.05) is 30.3 Å². The van der Waals surface area contributed by atoms with E-state index in [-0.39, 0.29) is 5.97 Å². The number of hydrogen-bond acceptors (Lipinski definition) is 5. The molecule has 0 atom stereocenters. The van der Waals surface area contributed by atoms with Crippen LogP contribution in [-0.2, 0) is 17.6 Å². The molecule has 0 saturated carbocycles. The summed E-state index contributed by atoms with van der Waals surface area (Å²) in [6.07, 6.45) is 1.82. The van der Waals surface area contributed by atoms with Gasteiger partial charge in [-0.25, -0.2) is 0 Å². The predicted molar refractivity (Wildman–Crippen MR) is 117 cm³/mol. The molecule has 0 bridgehead atoms. The number of fused-ring (bicyclic) bond motifs is 2. The standard InChI is InChI=1S/C25H22O5/c1-13(26)30-24-18-9-8-17-19(27-2)11-6-14-5-7-15(22(18)21(14)17)16-10-12-20(28-3)25(29-4)23(16)24/h6,8-12H,5,7H2,1-4H3. The van der Waals surface area contributed by atoms with Gasteiger partial charge in [0.25, 0.3) is 0 Å². The van der Waals surface area contributed by atoms with Crippen molar-refractivity contribution >= 4 is 38.3 Å². The van der Waals surface area contributed by atoms with Gasteiger partial charge in [-0.15, -0.1) is 0 Å². The number of aryl methyl sites for hydroxylation is 2. The Morgan fingerprint density at radius 2 is 1.40 bits per heavy atom. The van der Waals surface area contributed by atoms with E-state index in [1.165, 1.54) is 18.1 Å². The number of ether oxygens (including phenoxy) is 4. The average Bonchev–Trinajstić information content (AvgIpc) is 2.77. The van der Waals surface area contributed by atoms with Gasteiger partial charge in [0, 0.05) is 17.7 Å². The van der Waals surface area contributed by atoms with Crippen LogP contribution in [0.25, 0.3) is 32.3 Å². The van der Waals surface area contributed by atoms with Crippen LogP contribution in [0.2, 0.25) is 0 Å². The lowest BCUT2D eigenvalue weighted by Crippen LogP contribution is -2.08. The second-order valence-corrected chi connectivity index (χ2v) is 7.46. The molecule has 0 spiro atoms. The fraction of sp³-hybridized carbons (Fsp3) is 0.240. The summed E-state index contributed by atoms with van der Waals surface area (Å²) in [4.78, 5) is 12.1. The Morgan fingerprint density at radius 1 is 0.700 bits per heavy atom. The van der Waals surface area contributed by atoms with Crippen LogP contribution in [0.1, 0.15) is 18.1 Å². The Bertz CT molecular complexity index is 1350. The van der Waals surface area contributed by atoms with Gasteiger partial charge in [0.1, 0.15) is 11.5 Å². The van der Waals surface area contributed by atoms with Crippen molar-refractivity contribution in [1.82, 2.24) is 0 Å². The fourth-order valence-corrected chi connectivity index (χ4v) is 4.82. The molecule has 1 aliphatic carbocycles. The summed E-state index contributed by atoms with van der Waals surface area (Å²) < 4.78 is 22.7. The van der Waals surface area contributed by atoms with Gasteiger partial charge < -0.3 is 18.9 Å². The Balaban J connectivity index is 2.07. The lowest BCUT2D eigenvalue weighted by atomic mass is 9.82. The van der Waals surface area contributed by atoms with Crippen molar-refractivity contribution in [1.29, 1.82) is 0 Å². The van der Waals surface area contributed by atoms with Crippen molar-refractivity contribution in [2.75, 3.05) is 21.3 Å². The van der Waals surface area contributed by atoms with Gasteiger partial charge in [0.15, 0.2) is 11.5 Å². The molecule has 152 valence electrons. The SMILES string of the molecule is COc1ccc2c3c4c(ccc5c(OC)ccc(c54)CC3)c(OC(C)=O)c2c1OC. The molecule has 0 aromatic heterocycles. The van der Waals surface area contributed by atoms with Gasteiger partial charge in [-0.05, 0) is 70.5 Å². The molecule has 0 radical (unpaired) electrons. The minimum atomic E-state index is -0.377. The number of benzene rings is 4. The highest BCUT2D eigenvalue weighted by atomic mass is 16.5. The number of methoxy groups -OCH3 is 3. The molecule has 0 unspecified atom stereocenters. The summed E-state index contributed by atoms with van der Waals surface area (Å²) in [6.45, 7) is 1.42. The number of esters is 1. The van der Waals surface area contributed by atoms with Crippen LogP contribution in [0.3, 0.4) is 0 Å². The van der Waals surface area contributed by atoms with Crippen LogP contribution in [0.5, 0.6) is 23.0 Å². The first-order valence-electron chi connectivity index (χ1n) is 9.89. The molecule has 4 aromatic carbocycles. The number of rotatable bonds is 4. The maximum atomic E-state index is 12.1. The third-order valence-corrected chi connectivity index (χ3v) is 5.98. The molecule has 0 aliphatic heterocycles. The summed E-state index contributed by atoms with van der Waals surface area (Å²) in [5, 5.41) is 6.01. The molecule has 1 aliphatic rings. The van der Waals surface area contributed by atoms with Crippen molar-refractivity contribution in [2.24, 2.45) is 0 Å². The summed E-state index contributed by atoms with van der Waals surface area (Å²) in [7, 11) is 4.90. The Labute approximate surface area is 174 Å². The molecule has 5 nitrogen and oxygen atoms in total. The zero-order valence-electron chi connectivity index (χ0n) is 17.4. The fourth-order valence-electron chi connectivity index (χ4n) is 4.82. The summed E-state index contributed by atoms with van der Waals surface area (Å²) in [6, 6.07) is 12.1. The first kappa shape index (κ1) is 18.6. The van der Waals surface area contributed by atoms with Gasteiger partial charge >= 0.3 is 5.97 Å². The topological polar surface area (TPSA) is 54.0 Å². The maximum absolute atomic E-state index is 12.1. The Morgan fingerprint density at radius 3 is 2.10 bits per heavy atom. The molecule has 0 saturated heterocycles. The minimum Gasteiger partial charge on any atom is -0.496 e.